The number of rotatable bonds is 10. The van der Waals surface area contributed by atoms with E-state index in [1.54, 1.807) is 13.3 Å². The number of aliphatic imine (C=N–C) groups is 1. The predicted molar refractivity (Wildman–Crippen MR) is 82.7 cm³/mol. The molecule has 0 bridgehead atoms. The molecule has 0 aliphatic rings. The normalized spacial score (nSPS) is 11.6. The number of hydrogen-bond acceptors (Lipinski definition) is 3. The highest BCUT2D eigenvalue weighted by molar-refractivity contribution is 5.79. The molecule has 0 spiro atoms. The maximum atomic E-state index is 4.78. The molecule has 5 heteroatoms. The highest BCUT2D eigenvalue weighted by atomic mass is 16.5. The first-order valence-electron chi connectivity index (χ1n) is 7.70. The molecule has 0 aliphatic carbocycles. The Labute approximate surface area is 122 Å². The van der Waals surface area contributed by atoms with Gasteiger partial charge in [-0.15, -0.1) is 0 Å². The molecule has 0 atom stereocenters. The van der Waals surface area contributed by atoms with Crippen LogP contribution in [0.1, 0.15) is 57.6 Å². The Bertz CT molecular complexity index is 349. The molecule has 114 valence electrons. The quantitative estimate of drug-likeness (QED) is 0.393. The maximum absolute atomic E-state index is 4.78. The Morgan fingerprint density at radius 2 is 1.90 bits per heavy atom. The van der Waals surface area contributed by atoms with E-state index in [0.29, 0.717) is 6.54 Å². The van der Waals surface area contributed by atoms with Crippen molar-refractivity contribution in [3.63, 3.8) is 0 Å². The molecule has 20 heavy (non-hydrogen) atoms. The van der Waals surface area contributed by atoms with Crippen LogP contribution in [0.4, 0.5) is 0 Å². The Hall–Kier alpha value is -1.52. The van der Waals surface area contributed by atoms with Gasteiger partial charge < -0.3 is 15.2 Å². The van der Waals surface area contributed by atoms with Crippen molar-refractivity contribution in [1.29, 1.82) is 0 Å². The van der Waals surface area contributed by atoms with Crippen molar-refractivity contribution in [1.82, 2.24) is 15.8 Å². The number of unbranched alkanes of at least 4 members (excludes halogenated alkanes) is 6. The second-order valence-corrected chi connectivity index (χ2v) is 4.96. The lowest BCUT2D eigenvalue weighted by Gasteiger charge is -2.10. The summed E-state index contributed by atoms with van der Waals surface area (Å²) in [7, 11) is 1.78. The molecule has 0 aliphatic heterocycles. The Morgan fingerprint density at radius 3 is 2.55 bits per heavy atom. The molecular formula is C15H28N4O. The minimum atomic E-state index is 0.632. The number of guanidine groups is 1. The molecule has 0 saturated heterocycles. The summed E-state index contributed by atoms with van der Waals surface area (Å²) >= 11 is 0. The molecule has 0 saturated carbocycles. The molecule has 0 fully saturated rings. The first-order valence-corrected chi connectivity index (χ1v) is 7.70. The van der Waals surface area contributed by atoms with Crippen LogP contribution < -0.4 is 10.6 Å². The van der Waals surface area contributed by atoms with Crippen molar-refractivity contribution in [3.05, 3.63) is 18.0 Å². The maximum Gasteiger partial charge on any atom is 0.191 e. The van der Waals surface area contributed by atoms with E-state index in [4.69, 9.17) is 4.52 Å². The molecule has 5 nitrogen and oxygen atoms in total. The summed E-state index contributed by atoms with van der Waals surface area (Å²) in [6, 6.07) is 1.84. The number of aromatic nitrogens is 1. The van der Waals surface area contributed by atoms with E-state index in [0.717, 1.165) is 18.2 Å². The summed E-state index contributed by atoms with van der Waals surface area (Å²) in [6.07, 6.45) is 10.8. The predicted octanol–water partition coefficient (Wildman–Crippen LogP) is 3.09. The highest BCUT2D eigenvalue weighted by Crippen LogP contribution is 2.06. The van der Waals surface area contributed by atoms with E-state index >= 15 is 0 Å². The topological polar surface area (TPSA) is 62.5 Å². The van der Waals surface area contributed by atoms with Crippen LogP contribution in [0.15, 0.2) is 21.8 Å². The third-order valence-corrected chi connectivity index (χ3v) is 3.22. The van der Waals surface area contributed by atoms with Crippen LogP contribution in [0.2, 0.25) is 0 Å². The molecule has 2 N–H and O–H groups in total. The zero-order valence-corrected chi connectivity index (χ0v) is 12.8. The first-order chi connectivity index (χ1) is 9.86. The van der Waals surface area contributed by atoms with Gasteiger partial charge in [0, 0.05) is 19.7 Å². The smallest absolute Gasteiger partial charge is 0.191 e. The fourth-order valence-electron chi connectivity index (χ4n) is 2.01. The van der Waals surface area contributed by atoms with Gasteiger partial charge in [0.05, 0.1) is 6.54 Å². The van der Waals surface area contributed by atoms with Gasteiger partial charge in [-0.3, -0.25) is 4.99 Å². The van der Waals surface area contributed by atoms with Crippen LogP contribution >= 0.6 is 0 Å². The zero-order chi connectivity index (χ0) is 14.5. The van der Waals surface area contributed by atoms with Crippen molar-refractivity contribution in [2.24, 2.45) is 4.99 Å². The molecule has 0 amide bonds. The average molecular weight is 280 g/mol. The van der Waals surface area contributed by atoms with Crippen LogP contribution in [-0.2, 0) is 6.54 Å². The fourth-order valence-corrected chi connectivity index (χ4v) is 2.01. The summed E-state index contributed by atoms with van der Waals surface area (Å²) in [4.78, 5) is 4.18. The van der Waals surface area contributed by atoms with Gasteiger partial charge in [-0.25, -0.2) is 0 Å². The summed E-state index contributed by atoms with van der Waals surface area (Å²) in [5.41, 5.74) is 0.879. The molecule has 1 heterocycles. The van der Waals surface area contributed by atoms with E-state index in [1.165, 1.54) is 44.9 Å². The minimum absolute atomic E-state index is 0.632. The third-order valence-electron chi connectivity index (χ3n) is 3.22. The molecule has 0 aromatic carbocycles. The van der Waals surface area contributed by atoms with E-state index in [1.807, 2.05) is 6.07 Å². The van der Waals surface area contributed by atoms with Gasteiger partial charge in [0.15, 0.2) is 5.96 Å². The largest absolute Gasteiger partial charge is 0.364 e. The van der Waals surface area contributed by atoms with E-state index < -0.39 is 0 Å². The SMILES string of the molecule is CCCCCCCCCNC(=NC)NCc1ccon1. The van der Waals surface area contributed by atoms with Gasteiger partial charge in [0.25, 0.3) is 0 Å². The van der Waals surface area contributed by atoms with Crippen molar-refractivity contribution >= 4 is 5.96 Å². The average Bonchev–Trinajstić information content (AvgIpc) is 2.98. The Kier molecular flexibility index (Phi) is 9.36. The van der Waals surface area contributed by atoms with Crippen LogP contribution in [0.25, 0.3) is 0 Å². The van der Waals surface area contributed by atoms with Crippen LogP contribution in [-0.4, -0.2) is 24.7 Å². The van der Waals surface area contributed by atoms with Gasteiger partial charge in [0.1, 0.15) is 12.0 Å². The summed E-state index contributed by atoms with van der Waals surface area (Å²) < 4.78 is 4.78. The lowest BCUT2D eigenvalue weighted by atomic mass is 10.1. The molecule has 1 aromatic heterocycles. The van der Waals surface area contributed by atoms with E-state index in [2.05, 4.69) is 27.7 Å². The minimum Gasteiger partial charge on any atom is -0.364 e. The summed E-state index contributed by atoms with van der Waals surface area (Å²) in [6.45, 7) is 3.85. The Morgan fingerprint density at radius 1 is 1.15 bits per heavy atom. The van der Waals surface area contributed by atoms with Gasteiger partial charge in [-0.05, 0) is 6.42 Å². The molecule has 1 aromatic rings. The van der Waals surface area contributed by atoms with Gasteiger partial charge >= 0.3 is 0 Å². The lowest BCUT2D eigenvalue weighted by Crippen LogP contribution is -2.37. The van der Waals surface area contributed by atoms with Gasteiger partial charge in [0.2, 0.25) is 0 Å². The third kappa shape index (κ3) is 7.81. The lowest BCUT2D eigenvalue weighted by molar-refractivity contribution is 0.410. The highest BCUT2D eigenvalue weighted by Gasteiger charge is 1.99. The molecule has 1 rings (SSSR count). The van der Waals surface area contributed by atoms with E-state index in [-0.39, 0.29) is 0 Å². The first kappa shape index (κ1) is 16.5. The molecule has 0 unspecified atom stereocenters. The molecule has 0 radical (unpaired) electrons. The Balaban J connectivity index is 1.98. The monoisotopic (exact) mass is 280 g/mol. The van der Waals surface area contributed by atoms with Crippen molar-refractivity contribution in [2.45, 2.75) is 58.4 Å². The van der Waals surface area contributed by atoms with Crippen molar-refractivity contribution in [3.8, 4) is 0 Å². The standard InChI is InChI=1S/C15H28N4O/c1-3-4-5-6-7-8-9-11-17-15(16-2)18-13-14-10-12-20-19-14/h10,12H,3-9,11,13H2,1-2H3,(H2,16,17,18). The van der Waals surface area contributed by atoms with E-state index in [9.17, 15) is 0 Å². The van der Waals surface area contributed by atoms with Gasteiger partial charge in [-0.1, -0.05) is 50.6 Å². The second kappa shape index (κ2) is 11.3. The molecular weight excluding hydrogens is 252 g/mol. The number of hydrogen-bond donors (Lipinski definition) is 2. The number of nitrogens with zero attached hydrogens (tertiary/aromatic N) is 2. The van der Waals surface area contributed by atoms with Gasteiger partial charge in [-0.2, -0.15) is 0 Å². The zero-order valence-electron chi connectivity index (χ0n) is 12.8. The van der Waals surface area contributed by atoms with Crippen molar-refractivity contribution < 1.29 is 4.52 Å². The van der Waals surface area contributed by atoms with Crippen LogP contribution in [0.3, 0.4) is 0 Å². The van der Waals surface area contributed by atoms with Crippen molar-refractivity contribution in [2.75, 3.05) is 13.6 Å². The number of nitrogens with one attached hydrogen (secondary N) is 2. The van der Waals surface area contributed by atoms with Crippen LogP contribution in [0.5, 0.6) is 0 Å². The van der Waals surface area contributed by atoms with Crippen LogP contribution in [0, 0.1) is 0 Å². The second-order valence-electron chi connectivity index (χ2n) is 4.96. The summed E-state index contributed by atoms with van der Waals surface area (Å²) in [5, 5.41) is 10.4. The summed E-state index contributed by atoms with van der Waals surface area (Å²) in [5.74, 6) is 0.819. The fraction of sp³-hybridized carbons (Fsp3) is 0.733.